The van der Waals surface area contributed by atoms with Crippen molar-refractivity contribution >= 4 is 23.8 Å². The van der Waals surface area contributed by atoms with E-state index in [1.54, 1.807) is 0 Å². The Morgan fingerprint density at radius 3 is 1.67 bits per heavy atom. The zero-order chi connectivity index (χ0) is 29.6. The summed E-state index contributed by atoms with van der Waals surface area (Å²) in [5, 5.41) is 11.8. The molecule has 0 aromatic heterocycles. The predicted octanol–water partition coefficient (Wildman–Crippen LogP) is 5.82. The van der Waals surface area contributed by atoms with Gasteiger partial charge in [0.15, 0.2) is 5.71 Å². The lowest BCUT2D eigenvalue weighted by Gasteiger charge is -2.10. The first-order valence-corrected chi connectivity index (χ1v) is 10.8. The van der Waals surface area contributed by atoms with E-state index >= 15 is 0 Å². The normalized spacial score (nSPS) is 12.3. The number of hydrogen-bond acceptors (Lipinski definition) is 7. The van der Waals surface area contributed by atoms with Crippen LogP contribution in [0.4, 0.5) is 26.3 Å². The molecule has 14 heteroatoms. The zero-order valence-electron chi connectivity index (χ0n) is 21.0. The first-order chi connectivity index (χ1) is 18.2. The third-order valence-corrected chi connectivity index (χ3v) is 4.58. The average molecular weight is 564 g/mol. The quantitative estimate of drug-likeness (QED) is 0.162. The number of methoxy groups -OCH3 is 2. The Hall–Kier alpha value is -4.04. The minimum Gasteiger partial charge on any atom is -0.496 e. The second kappa shape index (κ2) is 15.4. The molecule has 0 amide bonds. The van der Waals surface area contributed by atoms with E-state index in [1.807, 2.05) is 0 Å². The number of aliphatic carboxylic acids is 1. The Labute approximate surface area is 219 Å². The minimum absolute atomic E-state index is 0.0932. The maximum absolute atomic E-state index is 12.6. The third kappa shape index (κ3) is 11.5. The Balaban J connectivity index is 0.000000403. The van der Waals surface area contributed by atoms with Crippen molar-refractivity contribution in [1.29, 1.82) is 0 Å². The molecule has 0 aliphatic rings. The van der Waals surface area contributed by atoms with Crippen LogP contribution in [0.15, 0.2) is 53.7 Å². The molecule has 0 aliphatic heterocycles. The molecule has 0 radical (unpaired) electrons. The summed E-state index contributed by atoms with van der Waals surface area (Å²) in [6, 6.07) is 6.33. The molecule has 8 nitrogen and oxygen atoms in total. The molecule has 0 unspecified atom stereocenters. The van der Waals surface area contributed by atoms with E-state index in [9.17, 15) is 31.1 Å². The van der Waals surface area contributed by atoms with Gasteiger partial charge in [0.1, 0.15) is 18.1 Å². The van der Waals surface area contributed by atoms with Gasteiger partial charge in [-0.05, 0) is 49.4 Å². The Kier molecular flexibility index (Phi) is 13.0. The Morgan fingerprint density at radius 2 is 1.31 bits per heavy atom. The van der Waals surface area contributed by atoms with Gasteiger partial charge in [-0.3, -0.25) is 0 Å². The highest BCUT2D eigenvalue weighted by Crippen LogP contribution is 2.34. The second-order valence-electron chi connectivity index (χ2n) is 7.32. The van der Waals surface area contributed by atoms with Crippen molar-refractivity contribution in [3.8, 4) is 11.5 Å². The first-order valence-electron chi connectivity index (χ1n) is 10.8. The van der Waals surface area contributed by atoms with E-state index in [2.05, 4.69) is 9.99 Å². The van der Waals surface area contributed by atoms with Gasteiger partial charge < -0.3 is 24.3 Å². The van der Waals surface area contributed by atoms with Crippen LogP contribution < -0.4 is 15.4 Å². The van der Waals surface area contributed by atoms with Crippen molar-refractivity contribution in [2.24, 2.45) is 11.1 Å². The number of rotatable bonds is 10. The summed E-state index contributed by atoms with van der Waals surface area (Å²) in [4.78, 5) is 19.4. The predicted molar refractivity (Wildman–Crippen MR) is 131 cm³/mol. The van der Waals surface area contributed by atoms with Crippen molar-refractivity contribution in [2.45, 2.75) is 19.3 Å². The molecule has 214 valence electrons. The number of oxime groups is 1. The third-order valence-electron chi connectivity index (χ3n) is 4.58. The van der Waals surface area contributed by atoms with E-state index < -0.39 is 29.4 Å². The lowest BCUT2D eigenvalue weighted by Crippen LogP contribution is -2.08. The van der Waals surface area contributed by atoms with E-state index in [1.165, 1.54) is 57.6 Å². The fourth-order valence-electron chi connectivity index (χ4n) is 2.70. The van der Waals surface area contributed by atoms with Crippen molar-refractivity contribution in [3.05, 3.63) is 70.8 Å². The van der Waals surface area contributed by atoms with Crippen LogP contribution in [0.5, 0.6) is 11.5 Å². The Morgan fingerprint density at radius 1 is 0.872 bits per heavy atom. The van der Waals surface area contributed by atoms with Gasteiger partial charge in [0.2, 0.25) is 0 Å². The van der Waals surface area contributed by atoms with E-state index in [-0.39, 0.29) is 30.2 Å². The number of alkyl halides is 6. The van der Waals surface area contributed by atoms with E-state index in [4.69, 9.17) is 25.3 Å². The van der Waals surface area contributed by atoms with Gasteiger partial charge in [-0.25, -0.2) is 10.7 Å². The van der Waals surface area contributed by atoms with Crippen LogP contribution in [0, 0.1) is 0 Å². The van der Waals surface area contributed by atoms with Gasteiger partial charge >= 0.3 is 18.3 Å². The fourth-order valence-corrected chi connectivity index (χ4v) is 2.70. The maximum atomic E-state index is 12.6. The lowest BCUT2D eigenvalue weighted by atomic mass is 10.1. The summed E-state index contributed by atoms with van der Waals surface area (Å²) in [6.45, 7) is 1.27. The molecule has 3 N–H and O–H groups in total. The molecule has 0 bridgehead atoms. The number of benzene rings is 2. The molecule has 0 saturated carbocycles. The largest absolute Gasteiger partial charge is 0.496 e. The number of carbonyl (C=O) groups is 1. The SMILES string of the molecule is COc1ccc(C(F)(F)F)cc1/C=C/CO/N=C(/C)C(=O)O.COc1ccc(C(F)(F)F)cc1/C=C/CON. The number of nitrogens with zero attached hydrogens (tertiary/aromatic N) is 1. The monoisotopic (exact) mass is 564 g/mol. The molecule has 0 atom stereocenters. The maximum Gasteiger partial charge on any atom is 0.416 e. The Bertz CT molecular complexity index is 1180. The molecule has 0 saturated heterocycles. The van der Waals surface area contributed by atoms with Crippen LogP contribution in [0.1, 0.15) is 29.2 Å². The van der Waals surface area contributed by atoms with Crippen molar-refractivity contribution in [2.75, 3.05) is 27.4 Å². The van der Waals surface area contributed by atoms with Crippen LogP contribution in [0.25, 0.3) is 12.2 Å². The number of carboxylic acids is 1. The molecular weight excluding hydrogens is 538 g/mol. The zero-order valence-corrected chi connectivity index (χ0v) is 21.0. The molecule has 2 aromatic carbocycles. The van der Waals surface area contributed by atoms with Crippen LogP contribution in [0.2, 0.25) is 0 Å². The highest BCUT2D eigenvalue weighted by Gasteiger charge is 2.31. The number of ether oxygens (including phenoxy) is 2. The van der Waals surface area contributed by atoms with Gasteiger partial charge in [0.25, 0.3) is 0 Å². The van der Waals surface area contributed by atoms with Crippen molar-refractivity contribution in [1.82, 2.24) is 0 Å². The van der Waals surface area contributed by atoms with Gasteiger partial charge in [0.05, 0.1) is 32.0 Å². The number of carboxylic acid groups (broad SMARTS) is 1. The first kappa shape index (κ1) is 33.0. The van der Waals surface area contributed by atoms with Crippen molar-refractivity contribution in [3.63, 3.8) is 0 Å². The topological polar surface area (TPSA) is 113 Å². The average Bonchev–Trinajstić information content (AvgIpc) is 2.87. The summed E-state index contributed by atoms with van der Waals surface area (Å²) in [5.41, 5.74) is -1.22. The summed E-state index contributed by atoms with van der Waals surface area (Å²) in [5.74, 6) is 4.21. The fraction of sp³-hybridized carbons (Fsp3) is 0.280. The highest BCUT2D eigenvalue weighted by molar-refractivity contribution is 6.34. The standard InChI is InChI=1S/C14H14F3NO4.C11H12F3NO2/c1-9(13(19)20)18-22-7-3-4-10-8-11(14(15,16)17)5-6-12(10)21-2;1-16-10-5-4-9(11(12,13)14)7-8(10)3-2-6-17-15/h3-6,8H,7H2,1-2H3,(H,19,20);2-5,7H,6,15H2,1H3/b4-3+,18-9-;3-2+. The van der Waals surface area contributed by atoms with Gasteiger partial charge in [0, 0.05) is 11.1 Å². The van der Waals surface area contributed by atoms with Crippen LogP contribution >= 0.6 is 0 Å². The van der Waals surface area contributed by atoms with E-state index in [0.717, 1.165) is 24.3 Å². The molecule has 0 fully saturated rings. The van der Waals surface area contributed by atoms with E-state index in [0.29, 0.717) is 11.3 Å². The van der Waals surface area contributed by atoms with Crippen LogP contribution in [-0.4, -0.2) is 44.2 Å². The molecule has 2 aromatic rings. The van der Waals surface area contributed by atoms with Gasteiger partial charge in [-0.2, -0.15) is 26.3 Å². The number of hydrogen-bond donors (Lipinski definition) is 2. The molecule has 39 heavy (non-hydrogen) atoms. The summed E-state index contributed by atoms with van der Waals surface area (Å²) >= 11 is 0. The number of nitrogens with two attached hydrogens (primary N) is 1. The number of halogens is 6. The second-order valence-corrected chi connectivity index (χ2v) is 7.32. The molecule has 0 aliphatic carbocycles. The summed E-state index contributed by atoms with van der Waals surface area (Å²) in [7, 11) is 2.73. The smallest absolute Gasteiger partial charge is 0.416 e. The van der Waals surface area contributed by atoms with Gasteiger partial charge in [-0.15, -0.1) is 0 Å². The molecule has 0 spiro atoms. The van der Waals surface area contributed by atoms with Crippen molar-refractivity contribution < 1.29 is 55.4 Å². The molecule has 2 rings (SSSR count). The summed E-state index contributed by atoms with van der Waals surface area (Å²) < 4.78 is 85.3. The van der Waals surface area contributed by atoms with Crippen LogP contribution in [0.3, 0.4) is 0 Å². The lowest BCUT2D eigenvalue weighted by molar-refractivity contribution is -0.138. The summed E-state index contributed by atoms with van der Waals surface area (Å²) in [6.07, 6.45) is -3.09. The highest BCUT2D eigenvalue weighted by atomic mass is 19.4. The molecular formula is C25H26F6N2O6. The van der Waals surface area contributed by atoms with Crippen LogP contribution in [-0.2, 0) is 26.8 Å². The van der Waals surface area contributed by atoms with Gasteiger partial charge in [-0.1, -0.05) is 23.4 Å². The minimum atomic E-state index is -4.45. The molecule has 0 heterocycles.